The number of benzene rings is 2. The Balaban J connectivity index is 1.56. The summed E-state index contributed by atoms with van der Waals surface area (Å²) in [6.45, 7) is 1.35. The number of furan rings is 1. The van der Waals surface area contributed by atoms with Crippen LogP contribution < -0.4 is 5.32 Å². The molecule has 2 aromatic carbocycles. The van der Waals surface area contributed by atoms with Gasteiger partial charge in [0.05, 0.1) is 22.3 Å². The first kappa shape index (κ1) is 21.6. The van der Waals surface area contributed by atoms with Gasteiger partial charge in [-0.05, 0) is 43.3 Å². The number of nitrogens with zero attached hydrogens (tertiary/aromatic N) is 2. The van der Waals surface area contributed by atoms with Gasteiger partial charge in [-0.3, -0.25) is 14.9 Å². The van der Waals surface area contributed by atoms with Gasteiger partial charge in [-0.1, -0.05) is 18.2 Å². The van der Waals surface area contributed by atoms with E-state index in [1.165, 1.54) is 25.3 Å². The van der Waals surface area contributed by atoms with E-state index in [0.29, 0.717) is 22.4 Å². The number of anilines is 1. The number of ether oxygens (including phenoxy) is 1. The summed E-state index contributed by atoms with van der Waals surface area (Å²) in [5, 5.41) is 13.8. The topological polar surface area (TPSA) is 125 Å². The lowest BCUT2D eigenvalue weighted by Crippen LogP contribution is -2.30. The Morgan fingerprint density at radius 3 is 2.67 bits per heavy atom. The van der Waals surface area contributed by atoms with Crippen molar-refractivity contribution in [2.45, 2.75) is 13.0 Å². The quantitative estimate of drug-likeness (QED) is 0.256. The van der Waals surface area contributed by atoms with Crippen molar-refractivity contribution >= 4 is 34.2 Å². The zero-order valence-electron chi connectivity index (χ0n) is 17.2. The van der Waals surface area contributed by atoms with E-state index < -0.39 is 34.4 Å². The van der Waals surface area contributed by atoms with Crippen molar-refractivity contribution in [1.82, 2.24) is 4.98 Å². The molecule has 1 atom stereocenters. The maximum absolute atomic E-state index is 13.5. The Kier molecular flexibility index (Phi) is 5.81. The van der Waals surface area contributed by atoms with Crippen LogP contribution in [0.5, 0.6) is 0 Å². The fourth-order valence-corrected chi connectivity index (χ4v) is 3.15. The zero-order chi connectivity index (χ0) is 23.5. The number of rotatable bonds is 6. The molecule has 0 spiro atoms. The van der Waals surface area contributed by atoms with Crippen LogP contribution in [-0.2, 0) is 9.53 Å². The second-order valence-corrected chi connectivity index (χ2v) is 7.01. The van der Waals surface area contributed by atoms with Gasteiger partial charge < -0.3 is 14.5 Å². The summed E-state index contributed by atoms with van der Waals surface area (Å²) in [6, 6.07) is 14.8. The van der Waals surface area contributed by atoms with Crippen LogP contribution in [0, 0.1) is 15.9 Å². The molecule has 9 nitrogen and oxygen atoms in total. The molecule has 0 aliphatic rings. The molecule has 0 aliphatic heterocycles. The molecule has 4 aromatic rings. The van der Waals surface area contributed by atoms with Crippen molar-refractivity contribution in [3.8, 4) is 11.5 Å². The number of carbonyl (C=O) groups is 2. The number of esters is 1. The van der Waals surface area contributed by atoms with E-state index in [1.807, 2.05) is 0 Å². The number of halogens is 1. The minimum atomic E-state index is -1.25. The van der Waals surface area contributed by atoms with Gasteiger partial charge in [-0.15, -0.1) is 0 Å². The molecule has 0 fully saturated rings. The van der Waals surface area contributed by atoms with Gasteiger partial charge in [0.15, 0.2) is 11.9 Å². The monoisotopic (exact) mass is 449 g/mol. The van der Waals surface area contributed by atoms with Gasteiger partial charge in [-0.2, -0.15) is 4.39 Å². The van der Waals surface area contributed by atoms with Gasteiger partial charge in [0.25, 0.3) is 5.91 Å². The zero-order valence-corrected chi connectivity index (χ0v) is 17.2. The third-order valence-electron chi connectivity index (χ3n) is 4.77. The smallest absolute Gasteiger partial charge is 0.339 e. The van der Waals surface area contributed by atoms with Crippen LogP contribution in [-0.4, -0.2) is 27.9 Å². The fourth-order valence-electron chi connectivity index (χ4n) is 3.15. The number of hydrogen-bond donors (Lipinski definition) is 1. The van der Waals surface area contributed by atoms with E-state index in [2.05, 4.69) is 10.3 Å². The lowest BCUT2D eigenvalue weighted by molar-refractivity contribution is -0.387. The predicted molar refractivity (Wildman–Crippen MR) is 116 cm³/mol. The third-order valence-corrected chi connectivity index (χ3v) is 4.77. The number of nitrogens with one attached hydrogen (secondary N) is 1. The average molecular weight is 449 g/mol. The molecular formula is C23H16FN3O6. The molecule has 0 bridgehead atoms. The maximum Gasteiger partial charge on any atom is 0.339 e. The van der Waals surface area contributed by atoms with E-state index in [4.69, 9.17) is 9.15 Å². The van der Waals surface area contributed by atoms with Crippen LogP contribution in [0.3, 0.4) is 0 Å². The minimum Gasteiger partial charge on any atom is -0.463 e. The number of pyridine rings is 1. The summed E-state index contributed by atoms with van der Waals surface area (Å²) in [4.78, 5) is 39.9. The highest BCUT2D eigenvalue weighted by molar-refractivity contribution is 6.05. The van der Waals surface area contributed by atoms with Crippen molar-refractivity contribution in [2.24, 2.45) is 0 Å². The van der Waals surface area contributed by atoms with Crippen molar-refractivity contribution in [3.05, 3.63) is 88.4 Å². The lowest BCUT2D eigenvalue weighted by atomic mass is 10.1. The van der Waals surface area contributed by atoms with Crippen molar-refractivity contribution < 1.29 is 28.1 Å². The number of nitro benzene ring substituents is 1. The molecule has 33 heavy (non-hydrogen) atoms. The summed E-state index contributed by atoms with van der Waals surface area (Å²) >= 11 is 0. The summed E-state index contributed by atoms with van der Waals surface area (Å²) in [5.74, 6) is -2.09. The first-order chi connectivity index (χ1) is 15.8. The Morgan fingerprint density at radius 2 is 1.94 bits per heavy atom. The molecule has 1 unspecified atom stereocenters. The molecule has 10 heteroatoms. The number of para-hydroxylation sites is 1. The number of fused-ring (bicyclic) bond motifs is 1. The number of carbonyl (C=O) groups excluding carboxylic acids is 2. The Labute approximate surface area is 186 Å². The second-order valence-electron chi connectivity index (χ2n) is 7.01. The predicted octanol–water partition coefficient (Wildman–Crippen LogP) is 4.73. The number of hydrogen-bond acceptors (Lipinski definition) is 7. The second kappa shape index (κ2) is 8.87. The highest BCUT2D eigenvalue weighted by atomic mass is 19.1. The largest absolute Gasteiger partial charge is 0.463 e. The van der Waals surface area contributed by atoms with Gasteiger partial charge in [0, 0.05) is 17.1 Å². The highest BCUT2D eigenvalue weighted by Gasteiger charge is 2.23. The van der Waals surface area contributed by atoms with Gasteiger partial charge in [0.1, 0.15) is 5.69 Å². The molecule has 0 saturated heterocycles. The molecule has 2 aromatic heterocycles. The summed E-state index contributed by atoms with van der Waals surface area (Å²) in [6.07, 6.45) is 0.233. The Hall–Kier alpha value is -4.60. The van der Waals surface area contributed by atoms with E-state index in [-0.39, 0.29) is 11.3 Å². The first-order valence-corrected chi connectivity index (χ1v) is 9.73. The van der Waals surface area contributed by atoms with Crippen molar-refractivity contribution in [2.75, 3.05) is 5.32 Å². The highest BCUT2D eigenvalue weighted by Crippen LogP contribution is 2.26. The molecular weight excluding hydrogens is 433 g/mol. The normalized spacial score (nSPS) is 11.7. The van der Waals surface area contributed by atoms with Gasteiger partial charge >= 0.3 is 11.7 Å². The minimum absolute atomic E-state index is 0.00883. The molecule has 2 heterocycles. The number of aromatic nitrogens is 1. The van der Waals surface area contributed by atoms with Crippen LogP contribution >= 0.6 is 0 Å². The third kappa shape index (κ3) is 4.54. The van der Waals surface area contributed by atoms with E-state index in [1.54, 1.807) is 36.4 Å². The van der Waals surface area contributed by atoms with E-state index >= 15 is 0 Å². The molecule has 0 radical (unpaired) electrons. The molecule has 1 N–H and O–H groups in total. The number of nitro groups is 1. The van der Waals surface area contributed by atoms with E-state index in [9.17, 15) is 24.1 Å². The van der Waals surface area contributed by atoms with Crippen LogP contribution in [0.4, 0.5) is 15.8 Å². The van der Waals surface area contributed by atoms with Crippen LogP contribution in [0.1, 0.15) is 17.3 Å². The summed E-state index contributed by atoms with van der Waals surface area (Å²) < 4.78 is 24.2. The Morgan fingerprint density at radius 1 is 1.15 bits per heavy atom. The van der Waals surface area contributed by atoms with Crippen LogP contribution in [0.2, 0.25) is 0 Å². The Bertz CT molecular complexity index is 1370. The van der Waals surface area contributed by atoms with Crippen LogP contribution in [0.25, 0.3) is 22.4 Å². The molecule has 1 amide bonds. The molecule has 0 saturated carbocycles. The van der Waals surface area contributed by atoms with Crippen molar-refractivity contribution in [1.29, 1.82) is 0 Å². The maximum atomic E-state index is 13.5. The van der Waals surface area contributed by atoms with Gasteiger partial charge in [-0.25, -0.2) is 9.78 Å². The number of amides is 1. The standard InChI is InChI=1S/C23H16FN3O6/c1-13(22(28)25-14-8-9-17(24)20(11-14)27(30)31)33-23(29)16-12-19(21-7-4-10-32-21)26-18-6-3-2-5-15(16)18/h2-13H,1H3,(H,25,28). The lowest BCUT2D eigenvalue weighted by Gasteiger charge is -2.15. The van der Waals surface area contributed by atoms with Gasteiger partial charge in [0.2, 0.25) is 5.82 Å². The SMILES string of the molecule is CC(OC(=O)c1cc(-c2ccco2)nc2ccccc12)C(=O)Nc1ccc(F)c([N+](=O)[O-])c1. The fraction of sp³-hybridized carbons (Fsp3) is 0.0870. The first-order valence-electron chi connectivity index (χ1n) is 9.73. The molecule has 0 aliphatic carbocycles. The van der Waals surface area contributed by atoms with E-state index in [0.717, 1.165) is 12.1 Å². The molecule has 4 rings (SSSR count). The molecule has 166 valence electrons. The van der Waals surface area contributed by atoms with Crippen LogP contribution in [0.15, 0.2) is 71.3 Å². The summed E-state index contributed by atoms with van der Waals surface area (Å²) in [7, 11) is 0. The van der Waals surface area contributed by atoms with Crippen molar-refractivity contribution in [3.63, 3.8) is 0 Å². The summed E-state index contributed by atoms with van der Waals surface area (Å²) in [5.41, 5.74) is 0.344. The average Bonchev–Trinajstić information content (AvgIpc) is 3.34.